The molecule has 0 bridgehead atoms. The third kappa shape index (κ3) is 16.6. The zero-order valence-corrected chi connectivity index (χ0v) is 16.0. The van der Waals surface area contributed by atoms with Crippen LogP contribution in [0.25, 0.3) is 0 Å². The second-order valence-electron chi connectivity index (χ2n) is 5.96. The molecule has 0 radical (unpaired) electrons. The maximum atomic E-state index is 11.1. The van der Waals surface area contributed by atoms with Crippen molar-refractivity contribution in [1.29, 1.82) is 0 Å². The van der Waals surface area contributed by atoms with Gasteiger partial charge in [0.25, 0.3) is 0 Å². The predicted octanol–water partition coefficient (Wildman–Crippen LogP) is 6.49. The number of rotatable bonds is 16. The van der Waals surface area contributed by atoms with E-state index in [9.17, 15) is 14.9 Å². The Morgan fingerprint density at radius 2 is 1.42 bits per heavy atom. The van der Waals surface area contributed by atoms with Crippen molar-refractivity contribution < 1.29 is 9.72 Å². The van der Waals surface area contributed by atoms with Crippen LogP contribution in [-0.2, 0) is 4.79 Å². The molecule has 0 saturated carbocycles. The molecule has 0 spiro atoms. The van der Waals surface area contributed by atoms with Gasteiger partial charge in [0.05, 0.1) is 11.3 Å². The Morgan fingerprint density at radius 3 is 2.08 bits per heavy atom. The van der Waals surface area contributed by atoms with E-state index in [1.54, 1.807) is 6.08 Å². The summed E-state index contributed by atoms with van der Waals surface area (Å²) < 4.78 is 0. The molecule has 0 amide bonds. The van der Waals surface area contributed by atoms with Gasteiger partial charge in [-0.25, -0.2) is 0 Å². The van der Waals surface area contributed by atoms with E-state index in [-0.39, 0.29) is 10.6 Å². The second-order valence-corrected chi connectivity index (χ2v) is 5.96. The van der Waals surface area contributed by atoms with Crippen LogP contribution in [0.5, 0.6) is 0 Å². The third-order valence-electron chi connectivity index (χ3n) is 3.69. The Hall–Kier alpha value is -2.23. The highest BCUT2D eigenvalue weighted by molar-refractivity contribution is 5.48. The van der Waals surface area contributed by atoms with Crippen LogP contribution in [0, 0.1) is 10.1 Å². The number of unbranched alkanes of at least 4 members (excludes halogenated alkanes) is 4. The first kappa shape index (κ1) is 23.8. The molecule has 0 heterocycles. The van der Waals surface area contributed by atoms with Crippen LogP contribution in [0.3, 0.4) is 0 Å². The van der Waals surface area contributed by atoms with Crippen molar-refractivity contribution in [3.8, 4) is 0 Å². The van der Waals surface area contributed by atoms with Crippen LogP contribution in [-0.4, -0.2) is 11.2 Å². The number of nitro groups is 1. The van der Waals surface area contributed by atoms with Crippen molar-refractivity contribution >= 4 is 6.29 Å². The van der Waals surface area contributed by atoms with E-state index in [0.717, 1.165) is 51.2 Å². The Morgan fingerprint density at radius 1 is 0.808 bits per heavy atom. The van der Waals surface area contributed by atoms with Crippen LogP contribution >= 0.6 is 0 Å². The Balaban J connectivity index is 4.02. The van der Waals surface area contributed by atoms with Crippen LogP contribution in [0.2, 0.25) is 0 Å². The minimum atomic E-state index is -0.303. The molecule has 0 fully saturated rings. The first-order valence-corrected chi connectivity index (χ1v) is 9.59. The van der Waals surface area contributed by atoms with Crippen molar-refractivity contribution in [2.45, 2.75) is 71.1 Å². The molecule has 0 atom stereocenters. The Bertz CT molecular complexity index is 513. The molecular weight excluding hydrogens is 326 g/mol. The summed E-state index contributed by atoms with van der Waals surface area (Å²) in [5.74, 6) is 0. The fraction of sp³-hybridized carbons (Fsp3) is 0.500. The van der Waals surface area contributed by atoms with E-state index < -0.39 is 0 Å². The number of hydrogen-bond acceptors (Lipinski definition) is 3. The summed E-state index contributed by atoms with van der Waals surface area (Å²) >= 11 is 0. The standard InChI is InChI=1S/C22H33NO3/c1-2-3-4-5-6-7-10-13-16-19-22(23(25)26)20-17-14-11-8-9-12-15-18-21-24/h3-4,6-7,11,13-14,16,20-21H,2,5,8-10,12,15,17-19H2,1H3/b4-3-,7-6-,14-11-,16-13-,22-20+. The highest BCUT2D eigenvalue weighted by atomic mass is 16.6. The molecule has 26 heavy (non-hydrogen) atoms. The summed E-state index contributed by atoms with van der Waals surface area (Å²) in [4.78, 5) is 20.9. The highest BCUT2D eigenvalue weighted by Gasteiger charge is 2.06. The summed E-state index contributed by atoms with van der Waals surface area (Å²) in [6.07, 6.45) is 27.3. The molecule has 0 saturated heterocycles. The maximum Gasteiger partial charge on any atom is 0.246 e. The predicted molar refractivity (Wildman–Crippen MR) is 110 cm³/mol. The van der Waals surface area contributed by atoms with Gasteiger partial charge in [-0.05, 0) is 51.0 Å². The SMILES string of the molecule is CC/C=C\C/C=C\C/C=C\C/C(=C\C/C=C\CCCCCC=O)[N+](=O)[O-]. The highest BCUT2D eigenvalue weighted by Crippen LogP contribution is 2.07. The maximum absolute atomic E-state index is 11.1. The topological polar surface area (TPSA) is 60.2 Å². The van der Waals surface area contributed by atoms with Crippen molar-refractivity contribution in [2.24, 2.45) is 0 Å². The van der Waals surface area contributed by atoms with Gasteiger partial charge in [0.2, 0.25) is 5.70 Å². The molecule has 0 aliphatic rings. The van der Waals surface area contributed by atoms with Gasteiger partial charge in [0, 0.05) is 6.42 Å². The quantitative estimate of drug-likeness (QED) is 0.104. The van der Waals surface area contributed by atoms with Gasteiger partial charge >= 0.3 is 0 Å². The van der Waals surface area contributed by atoms with Gasteiger partial charge < -0.3 is 4.79 Å². The summed E-state index contributed by atoms with van der Waals surface area (Å²) in [6, 6.07) is 0. The van der Waals surface area contributed by atoms with E-state index in [1.807, 2.05) is 18.2 Å². The van der Waals surface area contributed by atoms with Gasteiger partial charge in [-0.3, -0.25) is 10.1 Å². The third-order valence-corrected chi connectivity index (χ3v) is 3.69. The molecule has 0 aromatic heterocycles. The number of carbonyl (C=O) groups is 1. The van der Waals surface area contributed by atoms with Crippen LogP contribution in [0.15, 0.2) is 60.4 Å². The Kier molecular flexibility index (Phi) is 17.5. The summed E-state index contributed by atoms with van der Waals surface area (Å²) in [7, 11) is 0. The van der Waals surface area contributed by atoms with Crippen molar-refractivity contribution in [2.75, 3.05) is 0 Å². The lowest BCUT2D eigenvalue weighted by atomic mass is 10.1. The molecular formula is C22H33NO3. The lowest BCUT2D eigenvalue weighted by Gasteiger charge is -1.94. The first-order chi connectivity index (χ1) is 12.7. The zero-order chi connectivity index (χ0) is 19.3. The van der Waals surface area contributed by atoms with E-state index in [4.69, 9.17) is 0 Å². The van der Waals surface area contributed by atoms with Gasteiger partial charge in [0.1, 0.15) is 6.29 Å². The van der Waals surface area contributed by atoms with Crippen molar-refractivity contribution in [3.63, 3.8) is 0 Å². The molecule has 0 aromatic rings. The monoisotopic (exact) mass is 359 g/mol. The minimum absolute atomic E-state index is 0.242. The molecule has 4 heteroatoms. The van der Waals surface area contributed by atoms with Gasteiger partial charge in [-0.2, -0.15) is 0 Å². The van der Waals surface area contributed by atoms with Gasteiger partial charge in [-0.1, -0.05) is 62.0 Å². The molecule has 144 valence electrons. The number of carbonyl (C=O) groups excluding carboxylic acids is 1. The second kappa shape index (κ2) is 19.1. The normalized spacial score (nSPS) is 12.9. The van der Waals surface area contributed by atoms with Gasteiger partial charge in [-0.15, -0.1) is 0 Å². The molecule has 0 rings (SSSR count). The zero-order valence-electron chi connectivity index (χ0n) is 16.0. The fourth-order valence-corrected chi connectivity index (χ4v) is 2.23. The minimum Gasteiger partial charge on any atom is -0.303 e. The number of nitrogens with zero attached hydrogens (tertiary/aromatic N) is 1. The first-order valence-electron chi connectivity index (χ1n) is 9.59. The van der Waals surface area contributed by atoms with Crippen LogP contribution in [0.4, 0.5) is 0 Å². The number of hydrogen-bond donors (Lipinski definition) is 0. The summed E-state index contributed by atoms with van der Waals surface area (Å²) in [5.41, 5.74) is 0.242. The van der Waals surface area contributed by atoms with Crippen molar-refractivity contribution in [1.82, 2.24) is 0 Å². The average Bonchev–Trinajstić information content (AvgIpc) is 2.63. The number of allylic oxidation sites excluding steroid dienone is 9. The van der Waals surface area contributed by atoms with Crippen molar-refractivity contribution in [3.05, 3.63) is 70.5 Å². The van der Waals surface area contributed by atoms with E-state index >= 15 is 0 Å². The molecule has 0 aliphatic heterocycles. The smallest absolute Gasteiger partial charge is 0.246 e. The van der Waals surface area contributed by atoms with E-state index in [1.165, 1.54) is 0 Å². The largest absolute Gasteiger partial charge is 0.303 e. The molecule has 4 nitrogen and oxygen atoms in total. The molecule has 0 aromatic carbocycles. The Labute approximate surface area is 158 Å². The molecule has 0 aliphatic carbocycles. The van der Waals surface area contributed by atoms with E-state index in [0.29, 0.717) is 19.3 Å². The fourth-order valence-electron chi connectivity index (χ4n) is 2.23. The lowest BCUT2D eigenvalue weighted by molar-refractivity contribution is -0.427. The summed E-state index contributed by atoms with van der Waals surface area (Å²) in [6.45, 7) is 2.11. The average molecular weight is 360 g/mol. The molecule has 0 N–H and O–H groups in total. The van der Waals surface area contributed by atoms with Gasteiger partial charge in [0.15, 0.2) is 0 Å². The van der Waals surface area contributed by atoms with E-state index in [2.05, 4.69) is 37.3 Å². The molecule has 0 unspecified atom stereocenters. The van der Waals surface area contributed by atoms with Crippen LogP contribution < -0.4 is 0 Å². The van der Waals surface area contributed by atoms with Crippen LogP contribution in [0.1, 0.15) is 71.1 Å². The summed E-state index contributed by atoms with van der Waals surface area (Å²) in [5, 5.41) is 11.1. The number of aldehydes is 1. The lowest BCUT2D eigenvalue weighted by Crippen LogP contribution is -1.97.